The van der Waals surface area contributed by atoms with Gasteiger partial charge < -0.3 is 40.6 Å². The van der Waals surface area contributed by atoms with Gasteiger partial charge in [-0.15, -0.1) is 0 Å². The third kappa shape index (κ3) is 8.16. The summed E-state index contributed by atoms with van der Waals surface area (Å²) in [4.78, 5) is 38.9. The van der Waals surface area contributed by atoms with Gasteiger partial charge in [-0.25, -0.2) is 18.7 Å². The number of anilines is 1. The zero-order valence-corrected chi connectivity index (χ0v) is 21.6. The summed E-state index contributed by atoms with van der Waals surface area (Å²) in [7, 11) is 0. The van der Waals surface area contributed by atoms with Crippen LogP contribution in [0.2, 0.25) is 0 Å². The van der Waals surface area contributed by atoms with Gasteiger partial charge in [0.2, 0.25) is 12.7 Å². The second-order valence-corrected chi connectivity index (χ2v) is 8.70. The first kappa shape index (κ1) is 30.8. The largest absolute Gasteiger partial charge is 0.511 e. The highest BCUT2D eigenvalue weighted by Gasteiger charge is 2.35. The van der Waals surface area contributed by atoms with Gasteiger partial charge in [0.1, 0.15) is 48.5 Å². The SMILES string of the molecule is CC(=O)OCOC(=O)OC[C@@H](O)[C@@H](O)[C@@H](O)C(C#N)c1ccc2c(NC(=O)[C@@H](N)Cc3ccc(F)cc3)ncnn12. The molecule has 0 bridgehead atoms. The second-order valence-electron chi connectivity index (χ2n) is 8.70. The topological polar surface area (TPSA) is 232 Å². The van der Waals surface area contributed by atoms with Gasteiger partial charge in [-0.3, -0.25) is 9.59 Å². The fraction of sp³-hybridized carbons (Fsp3) is 0.360. The number of hydrogen-bond acceptors (Lipinski definition) is 13. The van der Waals surface area contributed by atoms with Gasteiger partial charge in [-0.1, -0.05) is 12.1 Å². The Bertz CT molecular complexity index is 1410. The quantitative estimate of drug-likeness (QED) is 0.139. The number of hydrogen-bond donors (Lipinski definition) is 5. The number of nitrogens with two attached hydrogens (primary N) is 1. The summed E-state index contributed by atoms with van der Waals surface area (Å²) in [5.41, 5.74) is 6.94. The molecule has 5 atom stereocenters. The van der Waals surface area contributed by atoms with E-state index in [4.69, 9.17) is 5.73 Å². The first-order chi connectivity index (χ1) is 19.5. The highest BCUT2D eigenvalue weighted by atomic mass is 19.1. The van der Waals surface area contributed by atoms with Crippen LogP contribution in [-0.4, -0.2) is 85.7 Å². The third-order valence-corrected chi connectivity index (χ3v) is 5.78. The number of nitrogens with one attached hydrogen (secondary N) is 1. The minimum atomic E-state index is -1.96. The van der Waals surface area contributed by atoms with Crippen LogP contribution >= 0.6 is 0 Å². The number of aliphatic hydroxyl groups is 3. The number of aromatic nitrogens is 3. The van der Waals surface area contributed by atoms with Crippen molar-refractivity contribution in [2.45, 2.75) is 43.6 Å². The Morgan fingerprint density at radius 1 is 1.10 bits per heavy atom. The van der Waals surface area contributed by atoms with E-state index in [1.807, 2.05) is 6.07 Å². The van der Waals surface area contributed by atoms with Crippen molar-refractivity contribution in [1.82, 2.24) is 14.6 Å². The smallest absolute Gasteiger partial charge is 0.431 e. The number of carbonyl (C=O) groups excluding carboxylic acids is 3. The summed E-state index contributed by atoms with van der Waals surface area (Å²) in [6.45, 7) is -0.453. The molecule has 0 aliphatic heterocycles. The monoisotopic (exact) mass is 574 g/mol. The number of halogens is 1. The van der Waals surface area contributed by atoms with Crippen molar-refractivity contribution in [2.24, 2.45) is 5.73 Å². The summed E-state index contributed by atoms with van der Waals surface area (Å²) in [6.07, 6.45) is -5.79. The number of amides is 1. The summed E-state index contributed by atoms with van der Waals surface area (Å²) in [6, 6.07) is 9.20. The standard InChI is InChI=1S/C25H27FN6O9/c1-13(33)40-12-41-25(38)39-10-20(34)22(36)21(35)16(9-27)18-6-7-19-23(29-11-30-32(18)19)31-24(37)17(28)8-14-2-4-15(26)5-3-14/h2-7,11,16-17,20-22,34-36H,8,10,12,28H2,1H3,(H,29,30,31,37)/t16?,17-,20+,21-,22+/m0/s1. The number of aliphatic hydroxyl groups excluding tert-OH is 3. The average Bonchev–Trinajstić information content (AvgIpc) is 3.37. The maximum Gasteiger partial charge on any atom is 0.511 e. The van der Waals surface area contributed by atoms with Gasteiger partial charge in [-0.2, -0.15) is 10.4 Å². The maximum atomic E-state index is 13.1. The minimum Gasteiger partial charge on any atom is -0.431 e. The Hall–Kier alpha value is -4.69. The summed E-state index contributed by atoms with van der Waals surface area (Å²) >= 11 is 0. The molecule has 0 spiro atoms. The van der Waals surface area contributed by atoms with E-state index in [1.165, 1.54) is 40.9 Å². The highest BCUT2D eigenvalue weighted by molar-refractivity contribution is 5.97. The molecule has 1 amide bonds. The third-order valence-electron chi connectivity index (χ3n) is 5.78. The van der Waals surface area contributed by atoms with E-state index in [-0.39, 0.29) is 23.4 Å². The number of carbonyl (C=O) groups is 3. The molecule has 2 aromatic heterocycles. The van der Waals surface area contributed by atoms with Crippen LogP contribution in [0, 0.1) is 17.1 Å². The minimum absolute atomic E-state index is 0.0400. The maximum absolute atomic E-state index is 13.1. The number of rotatable bonds is 12. The van der Waals surface area contributed by atoms with Gasteiger partial charge in [0.25, 0.3) is 0 Å². The number of ether oxygens (including phenoxy) is 3. The van der Waals surface area contributed by atoms with Crippen LogP contribution in [0.4, 0.5) is 15.0 Å². The van der Waals surface area contributed by atoms with Crippen LogP contribution in [0.25, 0.3) is 5.52 Å². The van der Waals surface area contributed by atoms with Crippen molar-refractivity contribution in [3.05, 3.63) is 59.8 Å². The molecule has 2 heterocycles. The molecule has 218 valence electrons. The molecule has 16 heteroatoms. The lowest BCUT2D eigenvalue weighted by Gasteiger charge is -2.25. The van der Waals surface area contributed by atoms with Crippen LogP contribution in [0.3, 0.4) is 0 Å². The predicted octanol–water partition coefficient (Wildman–Crippen LogP) is -0.259. The van der Waals surface area contributed by atoms with Gasteiger partial charge in [0.05, 0.1) is 17.8 Å². The molecule has 3 aromatic rings. The number of fused-ring (bicyclic) bond motifs is 1. The lowest BCUT2D eigenvalue weighted by Crippen LogP contribution is -2.43. The summed E-state index contributed by atoms with van der Waals surface area (Å²) < 4.78 is 27.8. The molecule has 15 nitrogen and oxygen atoms in total. The molecule has 3 rings (SSSR count). The van der Waals surface area contributed by atoms with Gasteiger partial charge >= 0.3 is 12.1 Å². The number of nitrogens with zero attached hydrogens (tertiary/aromatic N) is 4. The molecular formula is C25H27FN6O9. The fourth-order valence-corrected chi connectivity index (χ4v) is 3.66. The van der Waals surface area contributed by atoms with Crippen molar-refractivity contribution in [1.29, 1.82) is 5.26 Å². The van der Waals surface area contributed by atoms with Crippen LogP contribution in [0.15, 0.2) is 42.7 Å². The Labute approximate surface area is 231 Å². The Morgan fingerprint density at radius 2 is 1.80 bits per heavy atom. The average molecular weight is 575 g/mol. The van der Waals surface area contributed by atoms with E-state index >= 15 is 0 Å². The van der Waals surface area contributed by atoms with Crippen molar-refractivity contribution < 1.29 is 48.3 Å². The summed E-state index contributed by atoms with van der Waals surface area (Å²) in [5.74, 6) is -3.13. The van der Waals surface area contributed by atoms with E-state index in [0.717, 1.165) is 13.3 Å². The van der Waals surface area contributed by atoms with Crippen molar-refractivity contribution in [2.75, 3.05) is 18.7 Å². The normalized spacial score (nSPS) is 14.7. The zero-order chi connectivity index (χ0) is 30.1. The van der Waals surface area contributed by atoms with Gasteiger partial charge in [-0.05, 0) is 36.2 Å². The second kappa shape index (κ2) is 14.1. The van der Waals surface area contributed by atoms with Crippen LogP contribution in [0.5, 0.6) is 0 Å². The number of nitriles is 1. The molecule has 41 heavy (non-hydrogen) atoms. The summed E-state index contributed by atoms with van der Waals surface area (Å²) in [5, 5.41) is 47.6. The first-order valence-corrected chi connectivity index (χ1v) is 12.0. The van der Waals surface area contributed by atoms with Crippen LogP contribution in [-0.2, 0) is 30.2 Å². The van der Waals surface area contributed by atoms with Gasteiger partial charge in [0, 0.05) is 6.92 Å². The molecule has 0 aliphatic rings. The zero-order valence-electron chi connectivity index (χ0n) is 21.6. The Morgan fingerprint density at radius 3 is 2.46 bits per heavy atom. The molecular weight excluding hydrogens is 547 g/mol. The van der Waals surface area contributed by atoms with Crippen LogP contribution < -0.4 is 11.1 Å². The number of esters is 1. The molecule has 0 saturated heterocycles. The van der Waals surface area contributed by atoms with Crippen molar-refractivity contribution in [3.8, 4) is 6.07 Å². The van der Waals surface area contributed by atoms with E-state index in [1.54, 1.807) is 0 Å². The molecule has 6 N–H and O–H groups in total. The fourth-order valence-electron chi connectivity index (χ4n) is 3.66. The van der Waals surface area contributed by atoms with E-state index in [9.17, 15) is 39.4 Å². The molecule has 1 aromatic carbocycles. The molecule has 0 aliphatic carbocycles. The van der Waals surface area contributed by atoms with E-state index in [2.05, 4.69) is 29.6 Å². The van der Waals surface area contributed by atoms with Crippen molar-refractivity contribution in [3.63, 3.8) is 0 Å². The van der Waals surface area contributed by atoms with Crippen molar-refractivity contribution >= 4 is 29.4 Å². The molecule has 0 fully saturated rings. The van der Waals surface area contributed by atoms with E-state index in [0.29, 0.717) is 5.56 Å². The lowest BCUT2D eigenvalue weighted by atomic mass is 9.93. The highest BCUT2D eigenvalue weighted by Crippen LogP contribution is 2.26. The molecule has 1 unspecified atom stereocenters. The molecule has 0 radical (unpaired) electrons. The first-order valence-electron chi connectivity index (χ1n) is 12.0. The van der Waals surface area contributed by atoms with E-state index < -0.39 is 67.5 Å². The Balaban J connectivity index is 1.67. The van der Waals surface area contributed by atoms with Gasteiger partial charge in [0.15, 0.2) is 5.82 Å². The predicted molar refractivity (Wildman–Crippen MR) is 135 cm³/mol. The lowest BCUT2D eigenvalue weighted by molar-refractivity contribution is -0.151. The Kier molecular flexibility index (Phi) is 10.6. The molecule has 0 saturated carbocycles. The van der Waals surface area contributed by atoms with Crippen LogP contribution in [0.1, 0.15) is 24.1 Å². The number of benzene rings is 1.